The van der Waals surface area contributed by atoms with Crippen LogP contribution in [-0.2, 0) is 22.8 Å². The molecule has 1 fully saturated rings. The van der Waals surface area contributed by atoms with E-state index in [1.54, 1.807) is 25.4 Å². The van der Waals surface area contributed by atoms with Crippen LogP contribution in [0.5, 0.6) is 0 Å². The Morgan fingerprint density at radius 3 is 2.60 bits per heavy atom. The lowest BCUT2D eigenvalue weighted by molar-refractivity contribution is 0.121. The van der Waals surface area contributed by atoms with Gasteiger partial charge < -0.3 is 14.5 Å². The number of anilines is 2. The molecule has 0 spiro atoms. The number of methoxy groups -OCH3 is 1. The van der Waals surface area contributed by atoms with Gasteiger partial charge in [0.25, 0.3) is 0 Å². The summed E-state index contributed by atoms with van der Waals surface area (Å²) in [7, 11) is 1.66. The Kier molecular flexibility index (Phi) is 5.80. The molecule has 0 saturated carbocycles. The maximum absolute atomic E-state index is 14.6. The van der Waals surface area contributed by atoms with Gasteiger partial charge in [0.05, 0.1) is 24.6 Å². The monoisotopic (exact) mass is 346 g/mol. The van der Waals surface area contributed by atoms with Crippen molar-refractivity contribution in [2.45, 2.75) is 13.2 Å². The van der Waals surface area contributed by atoms with Gasteiger partial charge in [0.15, 0.2) is 5.82 Å². The fourth-order valence-electron chi connectivity index (χ4n) is 3.11. The van der Waals surface area contributed by atoms with Crippen LogP contribution in [0.2, 0.25) is 0 Å². The van der Waals surface area contributed by atoms with E-state index >= 15 is 0 Å². The van der Waals surface area contributed by atoms with Crippen LogP contribution in [0.25, 0.3) is 0 Å². The number of piperazine rings is 1. The van der Waals surface area contributed by atoms with Crippen molar-refractivity contribution >= 4 is 11.4 Å². The van der Waals surface area contributed by atoms with Gasteiger partial charge >= 0.3 is 0 Å². The number of aromatic nitrogens is 1. The first kappa shape index (κ1) is 17.6. The summed E-state index contributed by atoms with van der Waals surface area (Å²) in [4.78, 5) is 13.2. The maximum Gasteiger partial charge on any atom is 0.152 e. The van der Waals surface area contributed by atoms with Gasteiger partial charge in [-0.3, -0.25) is 9.82 Å². The molecular formula is C18H23FN4O2. The van der Waals surface area contributed by atoms with Crippen molar-refractivity contribution in [1.82, 2.24) is 4.98 Å². The van der Waals surface area contributed by atoms with E-state index in [4.69, 9.17) is 10.6 Å². The highest BCUT2D eigenvalue weighted by atomic mass is 19.1. The summed E-state index contributed by atoms with van der Waals surface area (Å²) in [6, 6.07) is 9.36. The molecule has 1 aromatic heterocycles. The van der Waals surface area contributed by atoms with Gasteiger partial charge in [0.2, 0.25) is 0 Å². The van der Waals surface area contributed by atoms with Gasteiger partial charge in [-0.2, -0.15) is 0 Å². The lowest BCUT2D eigenvalue weighted by Crippen LogP contribution is -2.47. The molecule has 0 unspecified atom stereocenters. The average Bonchev–Trinajstić information content (AvgIpc) is 2.64. The number of nitrogens with zero attached hydrogens (tertiary/aromatic N) is 3. The maximum atomic E-state index is 14.6. The van der Waals surface area contributed by atoms with E-state index in [1.165, 1.54) is 0 Å². The van der Waals surface area contributed by atoms with Gasteiger partial charge in [0, 0.05) is 50.7 Å². The zero-order valence-electron chi connectivity index (χ0n) is 14.3. The third kappa shape index (κ3) is 4.07. The topological polar surface area (TPSA) is 63.9 Å². The van der Waals surface area contributed by atoms with E-state index in [0.29, 0.717) is 17.9 Å². The molecule has 2 heterocycles. The van der Waals surface area contributed by atoms with E-state index < -0.39 is 0 Å². The van der Waals surface area contributed by atoms with E-state index in [9.17, 15) is 4.39 Å². The number of nitrogens with two attached hydrogens (primary N) is 1. The largest absolute Gasteiger partial charge is 0.378 e. The van der Waals surface area contributed by atoms with E-state index in [1.807, 2.05) is 18.2 Å². The molecule has 1 saturated heterocycles. The number of halogens is 1. The van der Waals surface area contributed by atoms with Crippen molar-refractivity contribution in [1.29, 1.82) is 0 Å². The molecule has 134 valence electrons. The van der Waals surface area contributed by atoms with E-state index in [-0.39, 0.29) is 12.4 Å². The van der Waals surface area contributed by atoms with Crippen LogP contribution >= 0.6 is 0 Å². The second-order valence-corrected chi connectivity index (χ2v) is 5.97. The molecule has 25 heavy (non-hydrogen) atoms. The average molecular weight is 346 g/mol. The lowest BCUT2D eigenvalue weighted by atomic mass is 10.1. The second kappa shape index (κ2) is 8.24. The third-order valence-electron chi connectivity index (χ3n) is 4.38. The molecule has 3 rings (SSSR count). The van der Waals surface area contributed by atoms with Crippen LogP contribution in [0.4, 0.5) is 15.8 Å². The normalized spacial score (nSPS) is 14.8. The van der Waals surface area contributed by atoms with E-state index in [2.05, 4.69) is 19.6 Å². The smallest absolute Gasteiger partial charge is 0.152 e. The number of benzene rings is 1. The Labute approximate surface area is 146 Å². The lowest BCUT2D eigenvalue weighted by Gasteiger charge is -2.37. The summed E-state index contributed by atoms with van der Waals surface area (Å²) in [6.07, 6.45) is 1.80. The molecule has 2 aromatic rings. The van der Waals surface area contributed by atoms with Gasteiger partial charge in [0.1, 0.15) is 0 Å². The van der Waals surface area contributed by atoms with E-state index in [0.717, 1.165) is 37.6 Å². The molecule has 7 heteroatoms. The van der Waals surface area contributed by atoms with Crippen LogP contribution in [0, 0.1) is 5.82 Å². The summed E-state index contributed by atoms with van der Waals surface area (Å²) in [5, 5.41) is 0. The minimum Gasteiger partial charge on any atom is -0.378 e. The van der Waals surface area contributed by atoms with Crippen molar-refractivity contribution in [2.75, 3.05) is 43.1 Å². The SMILES string of the molecule is COCc1cc(N2CCN(c3cccc(CON)c3F)CC2)ccn1. The number of ether oxygens (including phenoxy) is 1. The summed E-state index contributed by atoms with van der Waals surface area (Å²) < 4.78 is 19.7. The molecule has 2 N–H and O–H groups in total. The van der Waals surface area contributed by atoms with Crippen LogP contribution in [-0.4, -0.2) is 38.3 Å². The van der Waals surface area contributed by atoms with Crippen molar-refractivity contribution in [3.63, 3.8) is 0 Å². The Hall–Kier alpha value is -2.22. The fourth-order valence-corrected chi connectivity index (χ4v) is 3.11. The molecule has 0 atom stereocenters. The van der Waals surface area contributed by atoms with Gasteiger partial charge in [-0.25, -0.2) is 10.3 Å². The van der Waals surface area contributed by atoms with Crippen molar-refractivity contribution < 1.29 is 14.0 Å². The van der Waals surface area contributed by atoms with Gasteiger partial charge in [-0.15, -0.1) is 0 Å². The van der Waals surface area contributed by atoms with Crippen LogP contribution < -0.4 is 15.7 Å². The Morgan fingerprint density at radius 2 is 1.88 bits per heavy atom. The first-order valence-corrected chi connectivity index (χ1v) is 8.25. The predicted octanol–water partition coefficient (Wildman–Crippen LogP) is 2.08. The second-order valence-electron chi connectivity index (χ2n) is 5.97. The van der Waals surface area contributed by atoms with Crippen molar-refractivity contribution in [3.8, 4) is 0 Å². The van der Waals surface area contributed by atoms with Gasteiger partial charge in [-0.05, 0) is 18.2 Å². The van der Waals surface area contributed by atoms with Crippen LogP contribution in [0.15, 0.2) is 36.5 Å². The van der Waals surface area contributed by atoms with Crippen LogP contribution in [0.3, 0.4) is 0 Å². The summed E-state index contributed by atoms with van der Waals surface area (Å²) >= 11 is 0. The zero-order chi connectivity index (χ0) is 17.6. The summed E-state index contributed by atoms with van der Waals surface area (Å²) in [6.45, 7) is 3.67. The molecule has 0 aliphatic carbocycles. The molecule has 6 nitrogen and oxygen atoms in total. The van der Waals surface area contributed by atoms with Gasteiger partial charge in [-0.1, -0.05) is 12.1 Å². The molecule has 1 aliphatic heterocycles. The highest BCUT2D eigenvalue weighted by molar-refractivity contribution is 5.54. The molecular weight excluding hydrogens is 323 g/mol. The third-order valence-corrected chi connectivity index (χ3v) is 4.38. The Bertz CT molecular complexity index is 705. The molecule has 1 aliphatic rings. The van der Waals surface area contributed by atoms with Crippen molar-refractivity contribution in [3.05, 3.63) is 53.6 Å². The first-order valence-electron chi connectivity index (χ1n) is 8.25. The highest BCUT2D eigenvalue weighted by Gasteiger charge is 2.21. The fraction of sp³-hybridized carbons (Fsp3) is 0.389. The quantitative estimate of drug-likeness (QED) is 0.808. The van der Waals surface area contributed by atoms with Crippen molar-refractivity contribution in [2.24, 2.45) is 5.90 Å². The first-order chi connectivity index (χ1) is 12.2. The number of pyridine rings is 1. The summed E-state index contributed by atoms with van der Waals surface area (Å²) in [5.74, 6) is 4.82. The molecule has 0 bridgehead atoms. The molecule has 1 aromatic carbocycles. The zero-order valence-corrected chi connectivity index (χ0v) is 14.3. The minimum atomic E-state index is -0.257. The Balaban J connectivity index is 1.68. The molecule has 0 amide bonds. The number of rotatable bonds is 6. The Morgan fingerprint density at radius 1 is 1.12 bits per heavy atom. The standard InChI is InChI=1S/C18H23FN4O2/c1-24-13-15-11-16(5-6-21-15)22-7-9-23(10-8-22)17-4-2-3-14(12-25-20)18(17)19/h2-6,11H,7-10,12-13,20H2,1H3. The number of hydrogen-bond acceptors (Lipinski definition) is 6. The number of hydrogen-bond donors (Lipinski definition) is 1. The highest BCUT2D eigenvalue weighted by Crippen LogP contribution is 2.25. The summed E-state index contributed by atoms with van der Waals surface area (Å²) in [5.41, 5.74) is 3.10. The molecule has 0 radical (unpaired) electrons. The van der Waals surface area contributed by atoms with Crippen LogP contribution in [0.1, 0.15) is 11.3 Å². The predicted molar refractivity (Wildman–Crippen MR) is 94.8 cm³/mol. The minimum absolute atomic E-state index is 0.0684.